The lowest BCUT2D eigenvalue weighted by Crippen LogP contribution is -2.42. The van der Waals surface area contributed by atoms with Gasteiger partial charge in [0.15, 0.2) is 0 Å². The topological polar surface area (TPSA) is 32.3 Å². The number of carbonyl (C=O) groups is 1. The van der Waals surface area contributed by atoms with Crippen LogP contribution in [0.25, 0.3) is 0 Å². The lowest BCUT2D eigenvalue weighted by molar-refractivity contribution is -0.133. The van der Waals surface area contributed by atoms with Gasteiger partial charge >= 0.3 is 0 Å². The van der Waals surface area contributed by atoms with E-state index in [1.807, 2.05) is 11.9 Å². The Balaban J connectivity index is 2.35. The van der Waals surface area contributed by atoms with Crippen LogP contribution in [-0.2, 0) is 4.79 Å². The fraction of sp³-hybridized carbons (Fsp3) is 0.929. The number of amides is 1. The highest BCUT2D eigenvalue weighted by atomic mass is 16.2. The predicted molar refractivity (Wildman–Crippen MR) is 71.9 cm³/mol. The van der Waals surface area contributed by atoms with Gasteiger partial charge in [-0.2, -0.15) is 0 Å². The molecule has 1 N–H and O–H groups in total. The monoisotopic (exact) mass is 240 g/mol. The molecule has 0 spiro atoms. The highest BCUT2D eigenvalue weighted by Gasteiger charge is 2.25. The minimum absolute atomic E-state index is 0.289. The Morgan fingerprint density at radius 3 is 2.47 bits per heavy atom. The summed E-state index contributed by atoms with van der Waals surface area (Å²) in [5, 5.41) is 3.29. The summed E-state index contributed by atoms with van der Waals surface area (Å²) in [6, 6.07) is 0.769. The summed E-state index contributed by atoms with van der Waals surface area (Å²) in [7, 11) is 1.97. The zero-order valence-corrected chi connectivity index (χ0v) is 11.8. The molecule has 17 heavy (non-hydrogen) atoms. The van der Waals surface area contributed by atoms with Crippen molar-refractivity contribution in [3.63, 3.8) is 0 Å². The molecule has 0 aromatic rings. The molecule has 3 heteroatoms. The summed E-state index contributed by atoms with van der Waals surface area (Å²) in [5.41, 5.74) is 0. The highest BCUT2D eigenvalue weighted by Crippen LogP contribution is 2.26. The van der Waals surface area contributed by atoms with Crippen molar-refractivity contribution in [1.29, 1.82) is 0 Å². The van der Waals surface area contributed by atoms with E-state index in [1.165, 1.54) is 25.7 Å². The van der Waals surface area contributed by atoms with Crippen molar-refractivity contribution >= 4 is 5.91 Å². The first-order valence-corrected chi connectivity index (χ1v) is 7.03. The summed E-state index contributed by atoms with van der Waals surface area (Å²) in [6.07, 6.45) is 5.52. The number of nitrogens with one attached hydrogen (secondary N) is 1. The lowest BCUT2D eigenvalue weighted by atomic mass is 9.86. The number of hydrogen-bond donors (Lipinski definition) is 1. The number of nitrogens with zero attached hydrogens (tertiary/aromatic N) is 1. The van der Waals surface area contributed by atoms with Gasteiger partial charge < -0.3 is 10.2 Å². The number of carbonyl (C=O) groups excluding carboxylic acids is 1. The van der Waals surface area contributed by atoms with Crippen LogP contribution in [0, 0.1) is 5.92 Å². The summed E-state index contributed by atoms with van der Waals surface area (Å²) in [5.74, 6) is 1.13. The standard InChI is InChI=1S/C14H28N2O/c1-5-15-12(3)10-14(17)16(4)13-8-6-11(2)7-9-13/h11-13,15H,5-10H2,1-4H3. The van der Waals surface area contributed by atoms with E-state index in [-0.39, 0.29) is 11.9 Å². The molecule has 1 unspecified atom stereocenters. The number of hydrogen-bond acceptors (Lipinski definition) is 2. The third-order valence-electron chi connectivity index (χ3n) is 3.96. The average Bonchev–Trinajstić information content (AvgIpc) is 2.29. The maximum Gasteiger partial charge on any atom is 0.224 e. The van der Waals surface area contributed by atoms with Crippen LogP contribution in [0.5, 0.6) is 0 Å². The maximum absolute atomic E-state index is 12.1. The van der Waals surface area contributed by atoms with Crippen LogP contribution >= 0.6 is 0 Å². The molecule has 0 aliphatic heterocycles. The first-order valence-electron chi connectivity index (χ1n) is 7.03. The summed E-state index contributed by atoms with van der Waals surface area (Å²) in [4.78, 5) is 14.1. The van der Waals surface area contributed by atoms with Crippen LogP contribution in [-0.4, -0.2) is 36.5 Å². The molecule has 100 valence electrons. The van der Waals surface area contributed by atoms with Gasteiger partial charge in [-0.05, 0) is 45.1 Å². The second-order valence-corrected chi connectivity index (χ2v) is 5.58. The van der Waals surface area contributed by atoms with Crippen LogP contribution in [0.3, 0.4) is 0 Å². The van der Waals surface area contributed by atoms with Crippen molar-refractivity contribution in [2.24, 2.45) is 5.92 Å². The van der Waals surface area contributed by atoms with Gasteiger partial charge in [0.2, 0.25) is 5.91 Å². The molecule has 1 amide bonds. The van der Waals surface area contributed by atoms with Crippen molar-refractivity contribution in [2.45, 2.75) is 65.0 Å². The van der Waals surface area contributed by atoms with Gasteiger partial charge in [0.25, 0.3) is 0 Å². The van der Waals surface area contributed by atoms with E-state index in [2.05, 4.69) is 26.1 Å². The molecular weight excluding hydrogens is 212 g/mol. The minimum Gasteiger partial charge on any atom is -0.343 e. The van der Waals surface area contributed by atoms with Crippen LogP contribution in [0.15, 0.2) is 0 Å². The van der Waals surface area contributed by atoms with Crippen LogP contribution in [0.4, 0.5) is 0 Å². The molecular formula is C14H28N2O. The predicted octanol–water partition coefficient (Wildman–Crippen LogP) is 2.41. The lowest BCUT2D eigenvalue weighted by Gasteiger charge is -2.34. The fourth-order valence-corrected chi connectivity index (χ4v) is 2.66. The van der Waals surface area contributed by atoms with Crippen molar-refractivity contribution in [1.82, 2.24) is 10.2 Å². The second kappa shape index (κ2) is 7.00. The molecule has 1 atom stereocenters. The maximum atomic E-state index is 12.1. The molecule has 1 aliphatic carbocycles. The van der Waals surface area contributed by atoms with Gasteiger partial charge in [0.05, 0.1) is 0 Å². The zero-order chi connectivity index (χ0) is 12.8. The second-order valence-electron chi connectivity index (χ2n) is 5.58. The summed E-state index contributed by atoms with van der Waals surface area (Å²) < 4.78 is 0. The van der Waals surface area contributed by atoms with Crippen LogP contribution in [0.1, 0.15) is 52.9 Å². The largest absolute Gasteiger partial charge is 0.343 e. The van der Waals surface area contributed by atoms with Crippen molar-refractivity contribution in [3.05, 3.63) is 0 Å². The Morgan fingerprint density at radius 2 is 1.94 bits per heavy atom. The Morgan fingerprint density at radius 1 is 1.35 bits per heavy atom. The molecule has 0 aromatic heterocycles. The molecule has 1 aliphatic rings. The Labute approximate surface area is 106 Å². The molecule has 1 saturated carbocycles. The van der Waals surface area contributed by atoms with Crippen LogP contribution in [0.2, 0.25) is 0 Å². The Bertz CT molecular complexity index is 234. The van der Waals surface area contributed by atoms with E-state index >= 15 is 0 Å². The molecule has 1 fully saturated rings. The molecule has 0 heterocycles. The van der Waals surface area contributed by atoms with E-state index in [9.17, 15) is 4.79 Å². The third kappa shape index (κ3) is 4.66. The molecule has 0 aromatic carbocycles. The van der Waals surface area contributed by atoms with Gasteiger partial charge in [-0.25, -0.2) is 0 Å². The smallest absolute Gasteiger partial charge is 0.224 e. The van der Waals surface area contributed by atoms with Gasteiger partial charge in [-0.15, -0.1) is 0 Å². The zero-order valence-electron chi connectivity index (χ0n) is 11.8. The average molecular weight is 240 g/mol. The normalized spacial score (nSPS) is 26.6. The fourth-order valence-electron chi connectivity index (χ4n) is 2.66. The van der Waals surface area contributed by atoms with Gasteiger partial charge in [-0.3, -0.25) is 4.79 Å². The molecule has 1 rings (SSSR count). The SMILES string of the molecule is CCNC(C)CC(=O)N(C)C1CCC(C)CC1. The Kier molecular flexibility index (Phi) is 5.96. The van der Waals surface area contributed by atoms with Crippen molar-refractivity contribution in [2.75, 3.05) is 13.6 Å². The summed E-state index contributed by atoms with van der Waals surface area (Å²) in [6.45, 7) is 7.40. The third-order valence-corrected chi connectivity index (χ3v) is 3.96. The van der Waals surface area contributed by atoms with Crippen LogP contribution < -0.4 is 5.32 Å². The van der Waals surface area contributed by atoms with E-state index < -0.39 is 0 Å². The van der Waals surface area contributed by atoms with E-state index in [1.54, 1.807) is 0 Å². The van der Waals surface area contributed by atoms with E-state index in [0.29, 0.717) is 12.5 Å². The van der Waals surface area contributed by atoms with Crippen molar-refractivity contribution < 1.29 is 4.79 Å². The van der Waals surface area contributed by atoms with E-state index in [0.717, 1.165) is 12.5 Å². The van der Waals surface area contributed by atoms with Crippen molar-refractivity contribution in [3.8, 4) is 0 Å². The van der Waals surface area contributed by atoms with Gasteiger partial charge in [0, 0.05) is 25.6 Å². The molecule has 0 radical (unpaired) electrons. The first-order chi connectivity index (χ1) is 8.04. The molecule has 0 bridgehead atoms. The molecule has 3 nitrogen and oxygen atoms in total. The first kappa shape index (κ1) is 14.5. The quantitative estimate of drug-likeness (QED) is 0.800. The summed E-state index contributed by atoms with van der Waals surface area (Å²) >= 11 is 0. The van der Waals surface area contributed by atoms with E-state index in [4.69, 9.17) is 0 Å². The number of rotatable bonds is 5. The highest BCUT2D eigenvalue weighted by molar-refractivity contribution is 5.76. The molecule has 0 saturated heterocycles. The van der Waals surface area contributed by atoms with Gasteiger partial charge in [-0.1, -0.05) is 13.8 Å². The van der Waals surface area contributed by atoms with Gasteiger partial charge in [0.1, 0.15) is 0 Å². The Hall–Kier alpha value is -0.570. The minimum atomic E-state index is 0.289.